The maximum absolute atomic E-state index is 12.3. The van der Waals surface area contributed by atoms with E-state index in [9.17, 15) is 14.9 Å². The molecule has 1 N–H and O–H groups in total. The van der Waals surface area contributed by atoms with Crippen LogP contribution in [-0.2, 0) is 25.6 Å². The number of aryl methyl sites for hydroxylation is 3. The normalized spacial score (nSPS) is 11.1. The summed E-state index contributed by atoms with van der Waals surface area (Å²) in [5, 5.41) is 12.1. The van der Waals surface area contributed by atoms with E-state index in [0.29, 0.717) is 18.8 Å². The van der Waals surface area contributed by atoms with Gasteiger partial charge in [0.1, 0.15) is 11.6 Å². The van der Waals surface area contributed by atoms with Crippen molar-refractivity contribution in [1.82, 2.24) is 4.57 Å². The molecule has 158 valence electrons. The van der Waals surface area contributed by atoms with Crippen molar-refractivity contribution in [1.29, 1.82) is 5.26 Å². The second-order valence-electron chi connectivity index (χ2n) is 7.03. The van der Waals surface area contributed by atoms with E-state index in [4.69, 9.17) is 9.47 Å². The molecule has 0 fully saturated rings. The number of carbonyl (C=O) groups excluding carboxylic acids is 2. The Morgan fingerprint density at radius 1 is 1.20 bits per heavy atom. The van der Waals surface area contributed by atoms with E-state index in [1.165, 1.54) is 6.08 Å². The molecule has 0 bridgehead atoms. The Kier molecular flexibility index (Phi) is 7.96. The number of methoxy groups -OCH3 is 1. The lowest BCUT2D eigenvalue weighted by Crippen LogP contribution is -2.22. The van der Waals surface area contributed by atoms with Crippen molar-refractivity contribution in [3.8, 4) is 6.07 Å². The lowest BCUT2D eigenvalue weighted by atomic mass is 10.1. The molecule has 0 spiro atoms. The fourth-order valence-corrected chi connectivity index (χ4v) is 3.19. The predicted molar refractivity (Wildman–Crippen MR) is 115 cm³/mol. The van der Waals surface area contributed by atoms with Crippen molar-refractivity contribution in [3.05, 3.63) is 57.9 Å². The quantitative estimate of drug-likeness (QED) is 0.409. The number of esters is 1. The summed E-state index contributed by atoms with van der Waals surface area (Å²) in [5.41, 5.74) is 5.01. The molecule has 0 radical (unpaired) electrons. The first-order valence-electron chi connectivity index (χ1n) is 9.59. The molecule has 0 unspecified atom stereocenters. The molecule has 7 heteroatoms. The largest absolute Gasteiger partial charge is 0.451 e. The smallest absolute Gasteiger partial charge is 0.349 e. The molecule has 2 aromatic rings. The summed E-state index contributed by atoms with van der Waals surface area (Å²) in [6.45, 7) is 8.38. The van der Waals surface area contributed by atoms with Gasteiger partial charge >= 0.3 is 5.97 Å². The van der Waals surface area contributed by atoms with Crippen LogP contribution >= 0.6 is 0 Å². The summed E-state index contributed by atoms with van der Waals surface area (Å²) >= 11 is 0. The Hall–Kier alpha value is -3.37. The predicted octanol–water partition coefficient (Wildman–Crippen LogP) is 3.46. The van der Waals surface area contributed by atoms with Gasteiger partial charge in [0.15, 0.2) is 6.61 Å². The van der Waals surface area contributed by atoms with Gasteiger partial charge in [-0.05, 0) is 56.5 Å². The first kappa shape index (κ1) is 22.9. The molecule has 0 aliphatic carbocycles. The number of para-hydroxylation sites is 1. The highest BCUT2D eigenvalue weighted by Gasteiger charge is 2.16. The van der Waals surface area contributed by atoms with E-state index < -0.39 is 18.5 Å². The Balaban J connectivity index is 2.06. The van der Waals surface area contributed by atoms with Gasteiger partial charge in [-0.3, -0.25) is 4.79 Å². The Bertz CT molecular complexity index is 992. The van der Waals surface area contributed by atoms with Crippen molar-refractivity contribution in [2.24, 2.45) is 0 Å². The van der Waals surface area contributed by atoms with Gasteiger partial charge in [0.25, 0.3) is 5.91 Å². The molecule has 0 aliphatic heterocycles. The molecule has 30 heavy (non-hydrogen) atoms. The molecule has 0 atom stereocenters. The number of hydrogen-bond acceptors (Lipinski definition) is 5. The van der Waals surface area contributed by atoms with Crippen LogP contribution in [0, 0.1) is 39.0 Å². The number of hydrogen-bond donors (Lipinski definition) is 1. The number of carbonyl (C=O) groups is 2. The van der Waals surface area contributed by atoms with Crippen LogP contribution in [0.3, 0.4) is 0 Å². The van der Waals surface area contributed by atoms with Crippen molar-refractivity contribution in [3.63, 3.8) is 0 Å². The van der Waals surface area contributed by atoms with E-state index in [1.54, 1.807) is 7.11 Å². The number of nitrogens with one attached hydrogen (secondary N) is 1. The van der Waals surface area contributed by atoms with E-state index in [2.05, 4.69) is 5.32 Å². The number of nitriles is 1. The molecule has 1 aromatic heterocycles. The van der Waals surface area contributed by atoms with Crippen molar-refractivity contribution < 1.29 is 19.1 Å². The molecular formula is C23H27N3O4. The fourth-order valence-electron chi connectivity index (χ4n) is 3.19. The second kappa shape index (κ2) is 10.4. The van der Waals surface area contributed by atoms with Gasteiger partial charge in [0.05, 0.1) is 6.61 Å². The summed E-state index contributed by atoms with van der Waals surface area (Å²) in [5.74, 6) is -1.30. The lowest BCUT2D eigenvalue weighted by Gasteiger charge is -2.11. The standard InChI is InChI=1S/C23H27N3O4/c1-15-7-6-8-16(2)22(15)25-21(27)14-30-23(28)20(13-24)12-19-11-17(3)26(18(19)4)9-10-29-5/h6-8,11-12H,9-10,14H2,1-5H3,(H,25,27)/b20-12+. The Morgan fingerprint density at radius 2 is 1.87 bits per heavy atom. The third-order valence-corrected chi connectivity index (χ3v) is 4.85. The SMILES string of the molecule is COCCn1c(C)cc(/C=C(\C#N)C(=O)OCC(=O)Nc2c(C)cccc2C)c1C. The highest BCUT2D eigenvalue weighted by Crippen LogP contribution is 2.20. The first-order valence-corrected chi connectivity index (χ1v) is 9.59. The minimum atomic E-state index is -0.837. The Labute approximate surface area is 176 Å². The zero-order valence-electron chi connectivity index (χ0n) is 18.0. The van der Waals surface area contributed by atoms with Crippen LogP contribution in [0.15, 0.2) is 29.8 Å². The highest BCUT2D eigenvalue weighted by atomic mass is 16.5. The van der Waals surface area contributed by atoms with E-state index in [1.807, 2.05) is 62.6 Å². The van der Waals surface area contributed by atoms with Crippen LogP contribution in [0.2, 0.25) is 0 Å². The van der Waals surface area contributed by atoms with Crippen LogP contribution in [0.1, 0.15) is 28.1 Å². The minimum Gasteiger partial charge on any atom is -0.451 e. The highest BCUT2D eigenvalue weighted by molar-refractivity contribution is 6.00. The summed E-state index contributed by atoms with van der Waals surface area (Å²) < 4.78 is 12.2. The first-order chi connectivity index (χ1) is 14.3. The number of rotatable bonds is 8. The number of aromatic nitrogens is 1. The fraction of sp³-hybridized carbons (Fsp3) is 0.348. The number of ether oxygens (including phenoxy) is 2. The summed E-state index contributed by atoms with van der Waals surface area (Å²) in [6.07, 6.45) is 1.48. The zero-order valence-corrected chi connectivity index (χ0v) is 18.0. The van der Waals surface area contributed by atoms with Gasteiger partial charge in [0, 0.05) is 30.7 Å². The summed E-state index contributed by atoms with van der Waals surface area (Å²) in [7, 11) is 1.63. The molecule has 7 nitrogen and oxygen atoms in total. The summed E-state index contributed by atoms with van der Waals surface area (Å²) in [4.78, 5) is 24.5. The maximum Gasteiger partial charge on any atom is 0.349 e. The van der Waals surface area contributed by atoms with E-state index in [0.717, 1.165) is 28.1 Å². The van der Waals surface area contributed by atoms with Crippen molar-refractivity contribution in [2.45, 2.75) is 34.2 Å². The zero-order chi connectivity index (χ0) is 22.3. The van der Waals surface area contributed by atoms with Crippen molar-refractivity contribution in [2.75, 3.05) is 25.6 Å². The number of amides is 1. The third-order valence-electron chi connectivity index (χ3n) is 4.85. The monoisotopic (exact) mass is 409 g/mol. The van der Waals surface area contributed by atoms with Gasteiger partial charge < -0.3 is 19.4 Å². The number of anilines is 1. The Morgan fingerprint density at radius 3 is 2.47 bits per heavy atom. The molecule has 1 aromatic carbocycles. The average Bonchev–Trinajstić information content (AvgIpc) is 2.98. The molecule has 0 aliphatic rings. The van der Waals surface area contributed by atoms with Crippen LogP contribution in [-0.4, -0.2) is 36.8 Å². The van der Waals surface area contributed by atoms with Gasteiger partial charge in [-0.25, -0.2) is 4.79 Å². The van der Waals surface area contributed by atoms with Crippen molar-refractivity contribution >= 4 is 23.6 Å². The van der Waals surface area contributed by atoms with Gasteiger partial charge in [-0.1, -0.05) is 18.2 Å². The van der Waals surface area contributed by atoms with Crippen LogP contribution < -0.4 is 5.32 Å². The lowest BCUT2D eigenvalue weighted by molar-refractivity contribution is -0.142. The molecule has 1 heterocycles. The van der Waals surface area contributed by atoms with Gasteiger partial charge in [-0.2, -0.15) is 5.26 Å². The second-order valence-corrected chi connectivity index (χ2v) is 7.03. The third kappa shape index (κ3) is 5.58. The van der Waals surface area contributed by atoms with E-state index in [-0.39, 0.29) is 5.57 Å². The molecule has 1 amide bonds. The number of benzene rings is 1. The van der Waals surface area contributed by atoms with Crippen LogP contribution in [0.4, 0.5) is 5.69 Å². The van der Waals surface area contributed by atoms with Gasteiger partial charge in [0.2, 0.25) is 0 Å². The van der Waals surface area contributed by atoms with Crippen LogP contribution in [0.5, 0.6) is 0 Å². The van der Waals surface area contributed by atoms with E-state index >= 15 is 0 Å². The molecule has 0 saturated carbocycles. The topological polar surface area (TPSA) is 93.3 Å². The molecular weight excluding hydrogens is 382 g/mol. The van der Waals surface area contributed by atoms with Gasteiger partial charge in [-0.15, -0.1) is 0 Å². The molecule has 2 rings (SSSR count). The van der Waals surface area contributed by atoms with Crippen LogP contribution in [0.25, 0.3) is 6.08 Å². The minimum absolute atomic E-state index is 0.165. The molecule has 0 saturated heterocycles. The maximum atomic E-state index is 12.3. The average molecular weight is 409 g/mol. The number of nitrogens with zero attached hydrogens (tertiary/aromatic N) is 2. The summed E-state index contributed by atoms with van der Waals surface area (Å²) in [6, 6.07) is 9.42.